The molecule has 0 saturated carbocycles. The first-order valence-corrected chi connectivity index (χ1v) is 9.69. The van der Waals surface area contributed by atoms with E-state index < -0.39 is 0 Å². The molecule has 1 amide bonds. The third-order valence-corrected chi connectivity index (χ3v) is 5.14. The standard InChI is InChI=1S/C22H19ClFN3O3/c1-13(15-3-9-19-20(11-15)30-12-29-19)25-21(28)10-8-18-14(2)26-27(22(18)23)17-6-4-16(24)5-7-17/h3-11,13H,12H2,1-2H3,(H,25,28)/b10-8+. The third-order valence-electron chi connectivity index (χ3n) is 4.78. The van der Waals surface area contributed by atoms with E-state index in [1.54, 1.807) is 25.1 Å². The molecule has 3 aromatic rings. The van der Waals surface area contributed by atoms with E-state index in [9.17, 15) is 9.18 Å². The van der Waals surface area contributed by atoms with Crippen LogP contribution in [0.3, 0.4) is 0 Å². The van der Waals surface area contributed by atoms with Gasteiger partial charge in [0.05, 0.1) is 17.4 Å². The van der Waals surface area contributed by atoms with E-state index >= 15 is 0 Å². The maximum absolute atomic E-state index is 13.2. The Morgan fingerprint density at radius 1 is 1.23 bits per heavy atom. The molecule has 30 heavy (non-hydrogen) atoms. The van der Waals surface area contributed by atoms with Gasteiger partial charge >= 0.3 is 0 Å². The van der Waals surface area contributed by atoms with Gasteiger partial charge in [0.2, 0.25) is 12.7 Å². The minimum Gasteiger partial charge on any atom is -0.454 e. The van der Waals surface area contributed by atoms with E-state index in [0.29, 0.717) is 33.6 Å². The number of carbonyl (C=O) groups is 1. The summed E-state index contributed by atoms with van der Waals surface area (Å²) in [5.74, 6) is 0.748. The van der Waals surface area contributed by atoms with Crippen LogP contribution in [0.25, 0.3) is 11.8 Å². The largest absolute Gasteiger partial charge is 0.454 e. The smallest absolute Gasteiger partial charge is 0.244 e. The predicted molar refractivity (Wildman–Crippen MR) is 111 cm³/mol. The highest BCUT2D eigenvalue weighted by Gasteiger charge is 2.17. The SMILES string of the molecule is Cc1nn(-c2ccc(F)cc2)c(Cl)c1/C=C/C(=O)NC(C)c1ccc2c(c1)OCO2. The van der Waals surface area contributed by atoms with E-state index in [1.165, 1.54) is 22.9 Å². The number of benzene rings is 2. The monoisotopic (exact) mass is 427 g/mol. The molecule has 1 unspecified atom stereocenters. The molecular formula is C22H19ClFN3O3. The summed E-state index contributed by atoms with van der Waals surface area (Å²) in [5.41, 5.74) is 2.80. The zero-order valence-corrected chi connectivity index (χ0v) is 17.1. The van der Waals surface area contributed by atoms with E-state index in [0.717, 1.165) is 5.56 Å². The van der Waals surface area contributed by atoms with Gasteiger partial charge in [0, 0.05) is 11.6 Å². The lowest BCUT2D eigenvalue weighted by molar-refractivity contribution is -0.117. The fourth-order valence-electron chi connectivity index (χ4n) is 3.14. The summed E-state index contributed by atoms with van der Waals surface area (Å²) >= 11 is 6.44. The molecule has 1 atom stereocenters. The van der Waals surface area contributed by atoms with Crippen LogP contribution in [0, 0.1) is 12.7 Å². The molecule has 0 radical (unpaired) electrons. The van der Waals surface area contributed by atoms with Crippen LogP contribution in [0.4, 0.5) is 4.39 Å². The van der Waals surface area contributed by atoms with E-state index in [2.05, 4.69) is 10.4 Å². The summed E-state index contributed by atoms with van der Waals surface area (Å²) in [6.45, 7) is 3.88. The van der Waals surface area contributed by atoms with Crippen molar-refractivity contribution < 1.29 is 18.7 Å². The maximum Gasteiger partial charge on any atom is 0.244 e. The number of hydrogen-bond donors (Lipinski definition) is 1. The highest BCUT2D eigenvalue weighted by atomic mass is 35.5. The number of rotatable bonds is 5. The number of fused-ring (bicyclic) bond motifs is 1. The predicted octanol–water partition coefficient (Wildman–Crippen LogP) is 4.59. The number of amides is 1. The van der Waals surface area contributed by atoms with E-state index in [4.69, 9.17) is 21.1 Å². The fourth-order valence-corrected chi connectivity index (χ4v) is 3.48. The lowest BCUT2D eigenvalue weighted by atomic mass is 10.1. The molecule has 0 fully saturated rings. The quantitative estimate of drug-likeness (QED) is 0.605. The molecule has 8 heteroatoms. The maximum atomic E-state index is 13.2. The van der Waals surface area contributed by atoms with Gasteiger partial charge in [-0.2, -0.15) is 5.10 Å². The van der Waals surface area contributed by atoms with Gasteiger partial charge in [-0.05, 0) is 61.9 Å². The highest BCUT2D eigenvalue weighted by molar-refractivity contribution is 6.31. The molecule has 154 valence electrons. The summed E-state index contributed by atoms with van der Waals surface area (Å²) in [6.07, 6.45) is 3.03. The molecule has 2 aromatic carbocycles. The number of carbonyl (C=O) groups excluding carboxylic acids is 1. The van der Waals surface area contributed by atoms with Crippen molar-refractivity contribution in [3.05, 3.63) is 76.3 Å². The van der Waals surface area contributed by atoms with Gasteiger partial charge in [-0.25, -0.2) is 9.07 Å². The molecular weight excluding hydrogens is 409 g/mol. The Bertz CT molecular complexity index is 1130. The summed E-state index contributed by atoms with van der Waals surface area (Å²) in [6, 6.07) is 11.2. The minimum atomic E-state index is -0.341. The third kappa shape index (κ3) is 4.02. The van der Waals surface area contributed by atoms with Crippen molar-refractivity contribution in [2.45, 2.75) is 19.9 Å². The van der Waals surface area contributed by atoms with Crippen LogP contribution in [0.2, 0.25) is 5.15 Å². The van der Waals surface area contributed by atoms with Crippen LogP contribution < -0.4 is 14.8 Å². The first-order chi connectivity index (χ1) is 14.4. The van der Waals surface area contributed by atoms with Crippen molar-refractivity contribution in [3.63, 3.8) is 0 Å². The van der Waals surface area contributed by atoms with Gasteiger partial charge in [-0.15, -0.1) is 0 Å². The van der Waals surface area contributed by atoms with Crippen LogP contribution in [0.15, 0.2) is 48.5 Å². The van der Waals surface area contributed by atoms with Crippen LogP contribution in [-0.4, -0.2) is 22.5 Å². The Morgan fingerprint density at radius 3 is 2.73 bits per heavy atom. The molecule has 0 bridgehead atoms. The van der Waals surface area contributed by atoms with Crippen molar-refractivity contribution >= 4 is 23.6 Å². The average Bonchev–Trinajstić information content (AvgIpc) is 3.30. The van der Waals surface area contributed by atoms with Gasteiger partial charge in [-0.3, -0.25) is 4.79 Å². The summed E-state index contributed by atoms with van der Waals surface area (Å²) in [5, 5.41) is 7.63. The van der Waals surface area contributed by atoms with Crippen LogP contribution >= 0.6 is 11.6 Å². The van der Waals surface area contributed by atoms with Crippen LogP contribution in [0.1, 0.15) is 29.8 Å². The normalized spacial score (nSPS) is 13.6. The van der Waals surface area contributed by atoms with E-state index in [1.807, 2.05) is 25.1 Å². The Labute approximate surface area is 177 Å². The molecule has 6 nitrogen and oxygen atoms in total. The molecule has 2 heterocycles. The Morgan fingerprint density at radius 2 is 1.97 bits per heavy atom. The fraction of sp³-hybridized carbons (Fsp3) is 0.182. The van der Waals surface area contributed by atoms with Crippen molar-refractivity contribution in [1.82, 2.24) is 15.1 Å². The molecule has 1 N–H and O–H groups in total. The van der Waals surface area contributed by atoms with Gasteiger partial charge in [0.1, 0.15) is 11.0 Å². The number of hydrogen-bond acceptors (Lipinski definition) is 4. The zero-order valence-electron chi connectivity index (χ0n) is 16.4. The second-order valence-electron chi connectivity index (χ2n) is 6.85. The summed E-state index contributed by atoms with van der Waals surface area (Å²) in [4.78, 5) is 12.4. The number of ether oxygens (including phenoxy) is 2. The molecule has 4 rings (SSSR count). The molecule has 1 aliphatic rings. The molecule has 1 aliphatic heterocycles. The second kappa shape index (κ2) is 8.20. The first-order valence-electron chi connectivity index (χ1n) is 9.31. The Kier molecular flexibility index (Phi) is 5.46. The lowest BCUT2D eigenvalue weighted by Gasteiger charge is -2.13. The minimum absolute atomic E-state index is 0.202. The molecule has 0 saturated heterocycles. The van der Waals surface area contributed by atoms with E-state index in [-0.39, 0.29) is 24.6 Å². The van der Waals surface area contributed by atoms with Crippen LogP contribution in [0.5, 0.6) is 11.5 Å². The Hall–Kier alpha value is -3.32. The Balaban J connectivity index is 1.47. The number of halogens is 2. The average molecular weight is 428 g/mol. The number of aromatic nitrogens is 2. The topological polar surface area (TPSA) is 65.4 Å². The number of aryl methyl sites for hydroxylation is 1. The molecule has 0 aliphatic carbocycles. The van der Waals surface area contributed by atoms with Crippen molar-refractivity contribution in [2.24, 2.45) is 0 Å². The first kappa shape index (κ1) is 20.0. The van der Waals surface area contributed by atoms with Gasteiger partial charge in [0.25, 0.3) is 0 Å². The zero-order chi connectivity index (χ0) is 21.3. The van der Waals surface area contributed by atoms with Crippen molar-refractivity contribution in [3.8, 4) is 17.2 Å². The summed E-state index contributed by atoms with van der Waals surface area (Å²) in [7, 11) is 0. The number of nitrogens with zero attached hydrogens (tertiary/aromatic N) is 2. The van der Waals surface area contributed by atoms with Crippen LogP contribution in [-0.2, 0) is 4.79 Å². The molecule has 0 spiro atoms. The highest BCUT2D eigenvalue weighted by Crippen LogP contribution is 2.34. The van der Waals surface area contributed by atoms with Crippen molar-refractivity contribution in [2.75, 3.05) is 6.79 Å². The lowest BCUT2D eigenvalue weighted by Crippen LogP contribution is -2.24. The van der Waals surface area contributed by atoms with Crippen molar-refractivity contribution in [1.29, 1.82) is 0 Å². The van der Waals surface area contributed by atoms with Gasteiger partial charge in [0.15, 0.2) is 11.5 Å². The molecule has 1 aromatic heterocycles. The van der Waals surface area contributed by atoms with Gasteiger partial charge in [-0.1, -0.05) is 17.7 Å². The second-order valence-corrected chi connectivity index (χ2v) is 7.21. The number of nitrogens with one attached hydrogen (secondary N) is 1. The summed E-state index contributed by atoms with van der Waals surface area (Å²) < 4.78 is 25.3. The van der Waals surface area contributed by atoms with Gasteiger partial charge < -0.3 is 14.8 Å².